The molecule has 224 valence electrons. The minimum Gasteiger partial charge on any atom is -0.497 e. The summed E-state index contributed by atoms with van der Waals surface area (Å²) in [4.78, 5) is 28.5. The van der Waals surface area contributed by atoms with Gasteiger partial charge in [0.05, 0.1) is 42.4 Å². The minimum absolute atomic E-state index is 0.0211. The molecule has 0 aliphatic carbocycles. The third kappa shape index (κ3) is 6.83. The number of aliphatic hydroxyl groups excluding tert-OH is 1. The zero-order valence-corrected chi connectivity index (χ0v) is 24.7. The fourth-order valence-electron chi connectivity index (χ4n) is 5.03. The van der Waals surface area contributed by atoms with E-state index >= 15 is 0 Å². The second-order valence-electron chi connectivity index (χ2n) is 10.6. The first-order valence-electron chi connectivity index (χ1n) is 13.8. The number of methoxy groups -OCH3 is 1. The summed E-state index contributed by atoms with van der Waals surface area (Å²) in [6.07, 6.45) is 0.501. The molecule has 2 aliphatic heterocycles. The van der Waals surface area contributed by atoms with Crippen molar-refractivity contribution in [3.05, 3.63) is 48.0 Å². The van der Waals surface area contributed by atoms with E-state index in [0.29, 0.717) is 37.5 Å². The molecule has 0 bridgehead atoms. The molecule has 3 atom stereocenters. The zero-order chi connectivity index (χ0) is 29.7. The van der Waals surface area contributed by atoms with Crippen molar-refractivity contribution in [3.8, 4) is 11.5 Å². The molecule has 2 aliphatic rings. The summed E-state index contributed by atoms with van der Waals surface area (Å²) in [5.41, 5.74) is 0.566. The van der Waals surface area contributed by atoms with Crippen molar-refractivity contribution < 1.29 is 37.3 Å². The van der Waals surface area contributed by atoms with E-state index < -0.39 is 22.2 Å². The third-order valence-electron chi connectivity index (χ3n) is 7.75. The van der Waals surface area contributed by atoms with Gasteiger partial charge in [-0.1, -0.05) is 13.0 Å². The quantitative estimate of drug-likeness (QED) is 0.456. The van der Waals surface area contributed by atoms with E-state index in [9.17, 15) is 23.1 Å². The Balaban J connectivity index is 1.68. The number of rotatable bonds is 9. The highest BCUT2D eigenvalue weighted by Gasteiger charge is 2.36. The summed E-state index contributed by atoms with van der Waals surface area (Å²) >= 11 is 0. The van der Waals surface area contributed by atoms with Gasteiger partial charge in [0.1, 0.15) is 11.9 Å². The molecule has 12 heteroatoms. The van der Waals surface area contributed by atoms with E-state index in [1.54, 1.807) is 42.2 Å². The van der Waals surface area contributed by atoms with E-state index in [2.05, 4.69) is 5.32 Å². The smallest absolute Gasteiger partial charge is 0.258 e. The summed E-state index contributed by atoms with van der Waals surface area (Å²) in [7, 11) is -0.892. The predicted molar refractivity (Wildman–Crippen MR) is 153 cm³/mol. The number of benzene rings is 2. The molecular formula is C29H39N3O8S. The molecule has 1 saturated heterocycles. The highest BCUT2D eigenvalue weighted by atomic mass is 32.2. The number of nitrogens with zero attached hydrogens (tertiary/aromatic N) is 2. The second kappa shape index (κ2) is 13.2. The minimum atomic E-state index is -3.88. The number of carbonyl (C=O) groups excluding carboxylic acids is 2. The molecule has 0 radical (unpaired) electrons. The third-order valence-corrected chi connectivity index (χ3v) is 9.58. The van der Waals surface area contributed by atoms with Gasteiger partial charge in [0.2, 0.25) is 15.9 Å². The van der Waals surface area contributed by atoms with Gasteiger partial charge in [0.25, 0.3) is 5.91 Å². The van der Waals surface area contributed by atoms with Gasteiger partial charge in [-0.25, -0.2) is 8.42 Å². The maximum Gasteiger partial charge on any atom is 0.258 e. The number of ether oxygens (including phenoxy) is 3. The van der Waals surface area contributed by atoms with Crippen LogP contribution in [-0.2, 0) is 19.6 Å². The van der Waals surface area contributed by atoms with Crippen molar-refractivity contribution in [1.29, 1.82) is 0 Å². The van der Waals surface area contributed by atoms with E-state index in [1.807, 2.05) is 6.92 Å². The molecule has 0 aromatic heterocycles. The summed E-state index contributed by atoms with van der Waals surface area (Å²) in [5, 5.41) is 12.9. The lowest BCUT2D eigenvalue weighted by atomic mass is 9.98. The van der Waals surface area contributed by atoms with Crippen LogP contribution in [0.2, 0.25) is 0 Å². The Hall–Kier alpha value is -3.19. The summed E-state index contributed by atoms with van der Waals surface area (Å²) in [6, 6.07) is 10.6. The lowest BCUT2D eigenvalue weighted by Crippen LogP contribution is -2.50. The number of hydrogen-bond acceptors (Lipinski definition) is 8. The Labute approximate surface area is 241 Å². The van der Waals surface area contributed by atoms with Gasteiger partial charge in [-0.05, 0) is 56.2 Å². The molecule has 2 N–H and O–H groups in total. The zero-order valence-electron chi connectivity index (χ0n) is 23.9. The Morgan fingerprint density at radius 3 is 2.51 bits per heavy atom. The average molecular weight is 590 g/mol. The summed E-state index contributed by atoms with van der Waals surface area (Å²) in [6.45, 7) is 4.60. The largest absolute Gasteiger partial charge is 0.497 e. The molecule has 1 fully saturated rings. The number of amides is 2. The normalized spacial score (nSPS) is 20.9. The topological polar surface area (TPSA) is 135 Å². The van der Waals surface area contributed by atoms with E-state index in [0.717, 1.165) is 0 Å². The van der Waals surface area contributed by atoms with Crippen molar-refractivity contribution in [2.45, 2.75) is 43.7 Å². The van der Waals surface area contributed by atoms with Crippen molar-refractivity contribution in [2.24, 2.45) is 11.8 Å². The van der Waals surface area contributed by atoms with Crippen LogP contribution >= 0.6 is 0 Å². The Bertz CT molecular complexity index is 1330. The molecule has 0 unspecified atom stereocenters. The van der Waals surface area contributed by atoms with E-state index in [1.165, 1.54) is 30.6 Å². The fraction of sp³-hybridized carbons (Fsp3) is 0.517. The maximum absolute atomic E-state index is 13.7. The van der Waals surface area contributed by atoms with Crippen molar-refractivity contribution >= 4 is 27.5 Å². The van der Waals surface area contributed by atoms with Crippen molar-refractivity contribution in [3.63, 3.8) is 0 Å². The fourth-order valence-corrected chi connectivity index (χ4v) is 6.22. The number of likely N-dealkylation sites (N-methyl/N-ethyl adjacent to an activating group) is 1. The van der Waals surface area contributed by atoms with Crippen LogP contribution in [-0.4, -0.2) is 93.8 Å². The molecule has 2 aromatic carbocycles. The lowest BCUT2D eigenvalue weighted by molar-refractivity contribution is -0.122. The van der Waals surface area contributed by atoms with Gasteiger partial charge in [0, 0.05) is 38.6 Å². The number of aliphatic hydroxyl groups is 1. The van der Waals surface area contributed by atoms with Crippen LogP contribution in [0.1, 0.15) is 37.0 Å². The molecule has 2 heterocycles. The maximum atomic E-state index is 13.7. The number of nitrogens with one attached hydrogen (secondary N) is 1. The number of hydrogen-bond donors (Lipinski definition) is 2. The molecule has 0 spiro atoms. The van der Waals surface area contributed by atoms with Crippen molar-refractivity contribution in [2.75, 3.05) is 52.4 Å². The Morgan fingerprint density at radius 1 is 1.20 bits per heavy atom. The molecule has 0 saturated carbocycles. The van der Waals surface area contributed by atoms with Gasteiger partial charge in [-0.2, -0.15) is 4.31 Å². The Morgan fingerprint density at radius 2 is 1.88 bits per heavy atom. The number of fused-ring (bicyclic) bond motifs is 1. The Kier molecular flexibility index (Phi) is 9.90. The average Bonchev–Trinajstić information content (AvgIpc) is 2.99. The standard InChI is InChI=1S/C29H39N3O8S/c1-19-16-32(20(2)18-33)29(35)24-6-5-7-25(30-28(34)21-12-14-39-15-13-21)27(24)40-26(19)17-31(3)41(36,37)23-10-8-22(38-4)9-11-23/h5-11,19-21,26,33H,12-18H2,1-4H3,(H,30,34)/t19-,20+,26+/m1/s1. The van der Waals surface area contributed by atoms with Crippen LogP contribution in [0.5, 0.6) is 11.5 Å². The first kappa shape index (κ1) is 30.8. The first-order valence-corrected chi connectivity index (χ1v) is 15.2. The molecule has 4 rings (SSSR count). The predicted octanol–water partition coefficient (Wildman–Crippen LogP) is 2.60. The molecule has 41 heavy (non-hydrogen) atoms. The number of para-hydroxylation sites is 1. The van der Waals surface area contributed by atoms with Crippen LogP contribution in [0, 0.1) is 11.8 Å². The summed E-state index contributed by atoms with van der Waals surface area (Å²) in [5.74, 6) is -0.366. The highest BCUT2D eigenvalue weighted by Crippen LogP contribution is 2.36. The molecule has 2 amide bonds. The lowest BCUT2D eigenvalue weighted by Gasteiger charge is -2.38. The van der Waals surface area contributed by atoms with Gasteiger partial charge in [-0.3, -0.25) is 9.59 Å². The second-order valence-corrected chi connectivity index (χ2v) is 12.7. The number of anilines is 1. The molecule has 2 aromatic rings. The summed E-state index contributed by atoms with van der Waals surface area (Å²) < 4.78 is 45.1. The van der Waals surface area contributed by atoms with Crippen LogP contribution in [0.3, 0.4) is 0 Å². The first-order chi connectivity index (χ1) is 19.6. The molecular weight excluding hydrogens is 550 g/mol. The monoisotopic (exact) mass is 589 g/mol. The van der Waals surface area contributed by atoms with Crippen LogP contribution in [0.4, 0.5) is 5.69 Å². The van der Waals surface area contributed by atoms with Gasteiger partial charge >= 0.3 is 0 Å². The van der Waals surface area contributed by atoms with Gasteiger partial charge in [0.15, 0.2) is 5.75 Å². The number of sulfonamides is 1. The number of carbonyl (C=O) groups is 2. The van der Waals surface area contributed by atoms with Crippen LogP contribution < -0.4 is 14.8 Å². The molecule has 11 nitrogen and oxygen atoms in total. The highest BCUT2D eigenvalue weighted by molar-refractivity contribution is 7.89. The van der Waals surface area contributed by atoms with E-state index in [-0.39, 0.29) is 59.6 Å². The van der Waals surface area contributed by atoms with Crippen LogP contribution in [0.25, 0.3) is 0 Å². The van der Waals surface area contributed by atoms with Crippen LogP contribution in [0.15, 0.2) is 47.4 Å². The van der Waals surface area contributed by atoms with Gasteiger partial charge < -0.3 is 29.5 Å². The van der Waals surface area contributed by atoms with Crippen molar-refractivity contribution in [1.82, 2.24) is 9.21 Å². The van der Waals surface area contributed by atoms with Gasteiger partial charge in [-0.15, -0.1) is 0 Å². The van der Waals surface area contributed by atoms with E-state index in [4.69, 9.17) is 14.2 Å². The SMILES string of the molecule is COc1ccc(S(=O)(=O)N(C)C[C@@H]2Oc3c(NC(=O)C4CCOCC4)cccc3C(=O)N([C@@H](C)CO)C[C@H]2C)cc1.